The van der Waals surface area contributed by atoms with E-state index in [0.29, 0.717) is 25.5 Å². The number of ether oxygens (including phenoxy) is 3. The summed E-state index contributed by atoms with van der Waals surface area (Å²) in [6.07, 6.45) is 0. The molecule has 2 aromatic rings. The van der Waals surface area contributed by atoms with Gasteiger partial charge in [0.15, 0.2) is 11.5 Å². The van der Waals surface area contributed by atoms with Crippen molar-refractivity contribution in [3.8, 4) is 11.5 Å². The van der Waals surface area contributed by atoms with Crippen LogP contribution < -0.4 is 20.1 Å². The molecule has 0 radical (unpaired) electrons. The van der Waals surface area contributed by atoms with E-state index in [-0.39, 0.29) is 12.8 Å². The fourth-order valence-corrected chi connectivity index (χ4v) is 2.38. The summed E-state index contributed by atoms with van der Waals surface area (Å²) in [5.41, 5.74) is 2.63. The molecule has 0 unspecified atom stereocenters. The second-order valence-corrected chi connectivity index (χ2v) is 5.29. The highest BCUT2D eigenvalue weighted by molar-refractivity contribution is 5.90. The summed E-state index contributed by atoms with van der Waals surface area (Å²) >= 11 is 0. The van der Waals surface area contributed by atoms with Crippen molar-refractivity contribution in [2.45, 2.75) is 20.1 Å². The topological polar surface area (TPSA) is 68.8 Å². The van der Waals surface area contributed by atoms with Gasteiger partial charge in [-0.15, -0.1) is 0 Å². The number of rotatable bonds is 6. The van der Waals surface area contributed by atoms with Crippen molar-refractivity contribution in [3.05, 3.63) is 53.6 Å². The Morgan fingerprint density at radius 2 is 2.00 bits per heavy atom. The molecule has 1 aliphatic heterocycles. The Hall–Kier alpha value is -2.73. The maximum absolute atomic E-state index is 12.1. The molecule has 0 saturated carbocycles. The Bertz CT molecular complexity index is 718. The van der Waals surface area contributed by atoms with Crippen LogP contribution in [0.25, 0.3) is 0 Å². The number of nitrogens with one attached hydrogen (secondary N) is 2. The lowest BCUT2D eigenvalue weighted by atomic mass is 10.2. The van der Waals surface area contributed by atoms with Crippen LogP contribution in [0.3, 0.4) is 0 Å². The lowest BCUT2D eigenvalue weighted by Gasteiger charge is -2.12. The second-order valence-electron chi connectivity index (χ2n) is 5.29. The van der Waals surface area contributed by atoms with Gasteiger partial charge in [-0.1, -0.05) is 24.3 Å². The number of hydrogen-bond acceptors (Lipinski definition) is 4. The molecular formula is C18H20N2O4. The molecule has 0 aromatic heterocycles. The second kappa shape index (κ2) is 7.70. The van der Waals surface area contributed by atoms with Crippen molar-refractivity contribution < 1.29 is 19.0 Å². The maximum atomic E-state index is 12.1. The summed E-state index contributed by atoms with van der Waals surface area (Å²) in [5.74, 6) is 1.44. The van der Waals surface area contributed by atoms with Gasteiger partial charge in [-0.3, -0.25) is 0 Å². The Kier molecular flexibility index (Phi) is 5.18. The van der Waals surface area contributed by atoms with Gasteiger partial charge in [-0.05, 0) is 30.7 Å². The molecule has 2 amide bonds. The van der Waals surface area contributed by atoms with E-state index in [1.54, 1.807) is 0 Å². The Morgan fingerprint density at radius 1 is 1.17 bits per heavy atom. The van der Waals surface area contributed by atoms with Gasteiger partial charge in [0.2, 0.25) is 6.79 Å². The number of carbonyl (C=O) groups excluding carboxylic acids is 1. The SMILES string of the molecule is CCOCc1ccccc1NC(=O)NCc1ccc2c(c1)OCO2. The van der Waals surface area contributed by atoms with E-state index < -0.39 is 0 Å². The van der Waals surface area contributed by atoms with Crippen LogP contribution in [0.2, 0.25) is 0 Å². The largest absolute Gasteiger partial charge is 0.454 e. The summed E-state index contributed by atoms with van der Waals surface area (Å²) in [5, 5.41) is 5.69. The third-order valence-electron chi connectivity index (χ3n) is 3.62. The number of carbonyl (C=O) groups is 1. The lowest BCUT2D eigenvalue weighted by molar-refractivity contribution is 0.134. The molecule has 126 valence electrons. The third kappa shape index (κ3) is 3.97. The van der Waals surface area contributed by atoms with Crippen molar-refractivity contribution in [2.75, 3.05) is 18.7 Å². The van der Waals surface area contributed by atoms with E-state index in [0.717, 1.165) is 22.6 Å². The van der Waals surface area contributed by atoms with Gasteiger partial charge in [0.25, 0.3) is 0 Å². The van der Waals surface area contributed by atoms with Crippen LogP contribution >= 0.6 is 0 Å². The maximum Gasteiger partial charge on any atom is 0.319 e. The molecular weight excluding hydrogens is 308 g/mol. The number of amides is 2. The molecule has 24 heavy (non-hydrogen) atoms. The average Bonchev–Trinajstić information content (AvgIpc) is 3.07. The zero-order valence-corrected chi connectivity index (χ0v) is 13.5. The highest BCUT2D eigenvalue weighted by Gasteiger charge is 2.13. The molecule has 6 nitrogen and oxygen atoms in total. The zero-order chi connectivity index (χ0) is 16.8. The van der Waals surface area contributed by atoms with Gasteiger partial charge in [-0.2, -0.15) is 0 Å². The molecule has 2 N–H and O–H groups in total. The molecule has 0 atom stereocenters. The first-order valence-electron chi connectivity index (χ1n) is 7.85. The van der Waals surface area contributed by atoms with E-state index in [2.05, 4.69) is 10.6 Å². The summed E-state index contributed by atoms with van der Waals surface area (Å²) in [6, 6.07) is 12.9. The standard InChI is InChI=1S/C18H20N2O4/c1-2-22-11-14-5-3-4-6-15(14)20-18(21)19-10-13-7-8-16-17(9-13)24-12-23-16/h3-9H,2,10-12H2,1H3,(H2,19,20,21). The Morgan fingerprint density at radius 3 is 2.88 bits per heavy atom. The minimum Gasteiger partial charge on any atom is -0.454 e. The third-order valence-corrected chi connectivity index (χ3v) is 3.62. The predicted molar refractivity (Wildman–Crippen MR) is 90.2 cm³/mol. The van der Waals surface area contributed by atoms with Crippen molar-refractivity contribution in [3.63, 3.8) is 0 Å². The van der Waals surface area contributed by atoms with Gasteiger partial charge >= 0.3 is 6.03 Å². The number of fused-ring (bicyclic) bond motifs is 1. The van der Waals surface area contributed by atoms with Gasteiger partial charge in [-0.25, -0.2) is 4.79 Å². The molecule has 1 heterocycles. The molecule has 2 aromatic carbocycles. The fraction of sp³-hybridized carbons (Fsp3) is 0.278. The van der Waals surface area contributed by atoms with Gasteiger partial charge in [0.05, 0.1) is 6.61 Å². The van der Waals surface area contributed by atoms with Crippen molar-refractivity contribution in [2.24, 2.45) is 0 Å². The first-order chi connectivity index (χ1) is 11.8. The number of hydrogen-bond donors (Lipinski definition) is 2. The van der Waals surface area contributed by atoms with E-state index >= 15 is 0 Å². The van der Waals surface area contributed by atoms with Crippen LogP contribution in [0, 0.1) is 0 Å². The first-order valence-corrected chi connectivity index (χ1v) is 7.85. The highest BCUT2D eigenvalue weighted by atomic mass is 16.7. The molecule has 0 bridgehead atoms. The van der Waals surface area contributed by atoms with Crippen molar-refractivity contribution >= 4 is 11.7 Å². The van der Waals surface area contributed by atoms with Crippen LogP contribution in [0.1, 0.15) is 18.1 Å². The van der Waals surface area contributed by atoms with E-state index in [1.807, 2.05) is 49.4 Å². The summed E-state index contributed by atoms with van der Waals surface area (Å²) < 4.78 is 16.0. The van der Waals surface area contributed by atoms with Crippen molar-refractivity contribution in [1.82, 2.24) is 5.32 Å². The molecule has 0 fully saturated rings. The first kappa shape index (κ1) is 16.1. The molecule has 3 rings (SSSR count). The molecule has 1 aliphatic rings. The number of para-hydroxylation sites is 1. The quantitative estimate of drug-likeness (QED) is 0.854. The predicted octanol–water partition coefficient (Wildman–Crippen LogP) is 3.27. The van der Waals surface area contributed by atoms with Crippen molar-refractivity contribution in [1.29, 1.82) is 0 Å². The normalized spacial score (nSPS) is 12.0. The lowest BCUT2D eigenvalue weighted by Crippen LogP contribution is -2.28. The number of anilines is 1. The molecule has 6 heteroatoms. The highest BCUT2D eigenvalue weighted by Crippen LogP contribution is 2.32. The summed E-state index contributed by atoms with van der Waals surface area (Å²) in [4.78, 5) is 12.1. The van der Waals surface area contributed by atoms with Crippen LogP contribution in [0.5, 0.6) is 11.5 Å². The molecule has 0 saturated heterocycles. The summed E-state index contributed by atoms with van der Waals surface area (Å²) in [6.45, 7) is 3.67. The van der Waals surface area contributed by atoms with Crippen LogP contribution in [0.15, 0.2) is 42.5 Å². The van der Waals surface area contributed by atoms with Crippen LogP contribution in [-0.4, -0.2) is 19.4 Å². The van der Waals surface area contributed by atoms with E-state index in [4.69, 9.17) is 14.2 Å². The van der Waals surface area contributed by atoms with Gasteiger partial charge in [0.1, 0.15) is 0 Å². The zero-order valence-electron chi connectivity index (χ0n) is 13.5. The number of urea groups is 1. The van der Waals surface area contributed by atoms with Crippen LogP contribution in [-0.2, 0) is 17.9 Å². The summed E-state index contributed by atoms with van der Waals surface area (Å²) in [7, 11) is 0. The monoisotopic (exact) mass is 328 g/mol. The minimum atomic E-state index is -0.267. The van der Waals surface area contributed by atoms with E-state index in [1.165, 1.54) is 0 Å². The fourth-order valence-electron chi connectivity index (χ4n) is 2.38. The number of benzene rings is 2. The van der Waals surface area contributed by atoms with Gasteiger partial charge in [0, 0.05) is 24.4 Å². The smallest absolute Gasteiger partial charge is 0.319 e. The average molecular weight is 328 g/mol. The Balaban J connectivity index is 1.56. The molecule has 0 spiro atoms. The molecule has 0 aliphatic carbocycles. The van der Waals surface area contributed by atoms with Crippen LogP contribution in [0.4, 0.5) is 10.5 Å². The minimum absolute atomic E-state index is 0.239. The van der Waals surface area contributed by atoms with Gasteiger partial charge < -0.3 is 24.8 Å². The van der Waals surface area contributed by atoms with E-state index in [9.17, 15) is 4.79 Å². The Labute approximate surface area is 140 Å².